The van der Waals surface area contributed by atoms with Gasteiger partial charge in [-0.1, -0.05) is 49.4 Å². The zero-order valence-corrected chi connectivity index (χ0v) is 13.7. The molecule has 2 atom stereocenters. The average Bonchev–Trinajstić information content (AvgIpc) is 2.49. The van der Waals surface area contributed by atoms with Crippen LogP contribution < -0.4 is 10.6 Å². The van der Waals surface area contributed by atoms with Crippen LogP contribution in [0.3, 0.4) is 0 Å². The van der Waals surface area contributed by atoms with Gasteiger partial charge >= 0.3 is 0 Å². The van der Waals surface area contributed by atoms with Gasteiger partial charge < -0.3 is 10.6 Å². The minimum absolute atomic E-state index is 0. The largest absolute Gasteiger partial charge is 0.352 e. The number of rotatable bonds is 3. The molecule has 1 fully saturated rings. The Morgan fingerprint density at radius 1 is 1.23 bits per heavy atom. The molecule has 0 bridgehead atoms. The number of carbonyl (C=O) groups is 1. The third-order valence-corrected chi connectivity index (χ3v) is 4.35. The lowest BCUT2D eigenvalue weighted by Gasteiger charge is -2.30. The number of hydrogen-bond acceptors (Lipinski definition) is 2. The van der Waals surface area contributed by atoms with Crippen molar-refractivity contribution in [2.75, 3.05) is 13.1 Å². The highest BCUT2D eigenvalue weighted by molar-refractivity contribution is 5.86. The van der Waals surface area contributed by atoms with Crippen molar-refractivity contribution < 1.29 is 4.79 Å². The zero-order chi connectivity index (χ0) is 14.7. The molecular formula is C18H23ClN2O. The molecule has 118 valence electrons. The maximum absolute atomic E-state index is 12.2. The number of fused-ring (bicyclic) bond motifs is 1. The Hall–Kier alpha value is -1.58. The maximum atomic E-state index is 12.2. The van der Waals surface area contributed by atoms with Gasteiger partial charge in [0.25, 0.3) is 0 Å². The summed E-state index contributed by atoms with van der Waals surface area (Å²) in [6.45, 7) is 4.14. The lowest BCUT2D eigenvalue weighted by Crippen LogP contribution is -2.50. The zero-order valence-electron chi connectivity index (χ0n) is 12.8. The van der Waals surface area contributed by atoms with Gasteiger partial charge in [-0.3, -0.25) is 4.79 Å². The van der Waals surface area contributed by atoms with Crippen LogP contribution in [0.5, 0.6) is 0 Å². The molecule has 0 radical (unpaired) electrons. The summed E-state index contributed by atoms with van der Waals surface area (Å²) in [6, 6.07) is 14.7. The van der Waals surface area contributed by atoms with Crippen molar-refractivity contribution in [2.24, 2.45) is 5.92 Å². The molecule has 3 nitrogen and oxygen atoms in total. The van der Waals surface area contributed by atoms with E-state index in [1.807, 2.05) is 18.2 Å². The highest BCUT2D eigenvalue weighted by Gasteiger charge is 2.22. The molecule has 22 heavy (non-hydrogen) atoms. The van der Waals surface area contributed by atoms with Gasteiger partial charge in [0.2, 0.25) is 5.91 Å². The Morgan fingerprint density at radius 2 is 2.00 bits per heavy atom. The van der Waals surface area contributed by atoms with Crippen LogP contribution in [-0.2, 0) is 11.2 Å². The molecule has 1 amide bonds. The molecule has 0 saturated carbocycles. The molecule has 2 N–H and O–H groups in total. The van der Waals surface area contributed by atoms with Crippen molar-refractivity contribution in [3.63, 3.8) is 0 Å². The van der Waals surface area contributed by atoms with Crippen molar-refractivity contribution in [3.05, 3.63) is 48.0 Å². The standard InChI is InChI=1S/C18H22N2O.ClH/c1-13-8-9-19-12-17(13)20-18(21)11-14-6-7-15-4-2-3-5-16(15)10-14;/h2-7,10,13,17,19H,8-9,11-12H2,1H3,(H,20,21);1H. The van der Waals surface area contributed by atoms with Gasteiger partial charge in [0, 0.05) is 12.6 Å². The predicted molar refractivity (Wildman–Crippen MR) is 93.5 cm³/mol. The van der Waals surface area contributed by atoms with Gasteiger partial charge in [-0.15, -0.1) is 12.4 Å². The minimum atomic E-state index is 0. The summed E-state index contributed by atoms with van der Waals surface area (Å²) in [5.74, 6) is 0.664. The van der Waals surface area contributed by atoms with Crippen LogP contribution in [-0.4, -0.2) is 25.0 Å². The fourth-order valence-electron chi connectivity index (χ4n) is 2.97. The van der Waals surface area contributed by atoms with Crippen molar-refractivity contribution in [1.29, 1.82) is 0 Å². The fraction of sp³-hybridized carbons (Fsp3) is 0.389. The molecular weight excluding hydrogens is 296 g/mol. The molecule has 2 unspecified atom stereocenters. The van der Waals surface area contributed by atoms with Gasteiger partial charge in [-0.05, 0) is 35.2 Å². The van der Waals surface area contributed by atoms with E-state index in [1.165, 1.54) is 10.8 Å². The minimum Gasteiger partial charge on any atom is -0.352 e. The Labute approximate surface area is 137 Å². The molecule has 0 spiro atoms. The lowest BCUT2D eigenvalue weighted by atomic mass is 9.94. The van der Waals surface area contributed by atoms with Crippen LogP contribution in [0.15, 0.2) is 42.5 Å². The highest BCUT2D eigenvalue weighted by Crippen LogP contribution is 2.16. The fourth-order valence-corrected chi connectivity index (χ4v) is 2.97. The Morgan fingerprint density at radius 3 is 2.77 bits per heavy atom. The molecule has 1 aliphatic rings. The van der Waals surface area contributed by atoms with Crippen molar-refractivity contribution in [1.82, 2.24) is 10.6 Å². The van der Waals surface area contributed by atoms with Crippen LogP contribution in [0.2, 0.25) is 0 Å². The topological polar surface area (TPSA) is 41.1 Å². The first-order valence-electron chi connectivity index (χ1n) is 7.70. The quantitative estimate of drug-likeness (QED) is 0.913. The first kappa shape index (κ1) is 16.8. The van der Waals surface area contributed by atoms with Crippen LogP contribution in [0.4, 0.5) is 0 Å². The Balaban J connectivity index is 0.00000176. The van der Waals surface area contributed by atoms with Gasteiger partial charge in [-0.25, -0.2) is 0 Å². The summed E-state index contributed by atoms with van der Waals surface area (Å²) < 4.78 is 0. The number of halogens is 1. The predicted octanol–water partition coefficient (Wildman–Crippen LogP) is 2.92. The van der Waals surface area contributed by atoms with Crippen LogP contribution in [0, 0.1) is 5.92 Å². The first-order valence-corrected chi connectivity index (χ1v) is 7.70. The normalized spacial score (nSPS) is 21.1. The van der Waals surface area contributed by atoms with E-state index in [4.69, 9.17) is 0 Å². The van der Waals surface area contributed by atoms with Crippen LogP contribution in [0.25, 0.3) is 10.8 Å². The molecule has 0 aliphatic carbocycles. The molecule has 2 aromatic carbocycles. The second-order valence-corrected chi connectivity index (χ2v) is 6.00. The van der Waals surface area contributed by atoms with Crippen LogP contribution in [0.1, 0.15) is 18.9 Å². The summed E-state index contributed by atoms with van der Waals surface area (Å²) in [4.78, 5) is 12.2. The van der Waals surface area contributed by atoms with Gasteiger partial charge in [0.15, 0.2) is 0 Å². The number of carbonyl (C=O) groups excluding carboxylic acids is 1. The third kappa shape index (κ3) is 3.99. The third-order valence-electron chi connectivity index (χ3n) is 4.35. The summed E-state index contributed by atoms with van der Waals surface area (Å²) in [5, 5.41) is 8.91. The smallest absolute Gasteiger partial charge is 0.224 e. The second kappa shape index (κ2) is 7.61. The van der Waals surface area contributed by atoms with Crippen molar-refractivity contribution in [2.45, 2.75) is 25.8 Å². The van der Waals surface area contributed by atoms with E-state index >= 15 is 0 Å². The van der Waals surface area contributed by atoms with E-state index < -0.39 is 0 Å². The average molecular weight is 319 g/mol. The highest BCUT2D eigenvalue weighted by atomic mass is 35.5. The van der Waals surface area contributed by atoms with E-state index in [2.05, 4.69) is 41.8 Å². The SMILES string of the molecule is CC1CCNCC1NC(=O)Cc1ccc2ccccc2c1.Cl. The van der Waals surface area contributed by atoms with E-state index in [0.29, 0.717) is 12.3 Å². The Bertz CT molecular complexity index is 644. The first-order chi connectivity index (χ1) is 10.2. The van der Waals surface area contributed by atoms with E-state index in [-0.39, 0.29) is 24.4 Å². The van der Waals surface area contributed by atoms with E-state index in [9.17, 15) is 4.79 Å². The summed E-state index contributed by atoms with van der Waals surface area (Å²) in [5.41, 5.74) is 1.07. The second-order valence-electron chi connectivity index (χ2n) is 6.00. The molecule has 1 aliphatic heterocycles. The van der Waals surface area contributed by atoms with Crippen molar-refractivity contribution >= 4 is 29.1 Å². The molecule has 1 heterocycles. The monoisotopic (exact) mass is 318 g/mol. The molecule has 4 heteroatoms. The summed E-state index contributed by atoms with van der Waals surface area (Å²) in [6.07, 6.45) is 1.58. The number of nitrogens with one attached hydrogen (secondary N) is 2. The van der Waals surface area contributed by atoms with Gasteiger partial charge in [0.1, 0.15) is 0 Å². The van der Waals surface area contributed by atoms with Gasteiger partial charge in [0.05, 0.1) is 6.42 Å². The maximum Gasteiger partial charge on any atom is 0.224 e. The number of hydrogen-bond donors (Lipinski definition) is 2. The number of amides is 1. The molecule has 1 saturated heterocycles. The molecule has 0 aromatic heterocycles. The summed E-state index contributed by atoms with van der Waals surface area (Å²) in [7, 11) is 0. The number of benzene rings is 2. The van der Waals surface area contributed by atoms with Crippen molar-refractivity contribution in [3.8, 4) is 0 Å². The molecule has 2 aromatic rings. The van der Waals surface area contributed by atoms with E-state index in [1.54, 1.807) is 0 Å². The Kier molecular flexibility index (Phi) is 5.81. The summed E-state index contributed by atoms with van der Waals surface area (Å²) >= 11 is 0. The van der Waals surface area contributed by atoms with E-state index in [0.717, 1.165) is 25.1 Å². The molecule has 3 rings (SSSR count). The lowest BCUT2D eigenvalue weighted by molar-refractivity contribution is -0.121. The van der Waals surface area contributed by atoms with Crippen LogP contribution >= 0.6 is 12.4 Å². The van der Waals surface area contributed by atoms with Gasteiger partial charge in [-0.2, -0.15) is 0 Å². The number of piperidine rings is 1.